The summed E-state index contributed by atoms with van der Waals surface area (Å²) in [5.41, 5.74) is 3.12. The summed E-state index contributed by atoms with van der Waals surface area (Å²) in [5.74, 6) is -0.456. The Balaban J connectivity index is 2.16. The third-order valence-corrected chi connectivity index (χ3v) is 6.65. The van der Waals surface area contributed by atoms with Gasteiger partial charge in [0, 0.05) is 12.1 Å². The van der Waals surface area contributed by atoms with Crippen LogP contribution in [-0.2, 0) is 10.0 Å². The Kier molecular flexibility index (Phi) is 6.53. The molecule has 0 aliphatic heterocycles. The highest BCUT2D eigenvalue weighted by atomic mass is 32.2. The second-order valence-corrected chi connectivity index (χ2v) is 8.84. The zero-order valence-corrected chi connectivity index (χ0v) is 17.7. The summed E-state index contributed by atoms with van der Waals surface area (Å²) < 4.78 is 42.5. The number of aryl methyl sites for hydroxylation is 1. The van der Waals surface area contributed by atoms with E-state index in [0.29, 0.717) is 23.2 Å². The monoisotopic (exact) mass is 421 g/mol. The van der Waals surface area contributed by atoms with Gasteiger partial charge in [-0.2, -0.15) is 0 Å². The van der Waals surface area contributed by atoms with Gasteiger partial charge >= 0.3 is 0 Å². The van der Waals surface area contributed by atoms with Crippen LogP contribution in [0, 0.1) is 12.7 Å². The topological polar surface area (TPSA) is 37.4 Å². The van der Waals surface area contributed by atoms with E-state index < -0.39 is 15.8 Å². The number of nitrogens with zero attached hydrogens (tertiary/aromatic N) is 1. The lowest BCUT2D eigenvalue weighted by Gasteiger charge is -2.27. The van der Waals surface area contributed by atoms with Gasteiger partial charge in [0.25, 0.3) is 10.0 Å². The maximum Gasteiger partial charge on any atom is 0.264 e. The molecular weight excluding hydrogens is 397 g/mol. The van der Waals surface area contributed by atoms with Crippen molar-refractivity contribution < 1.29 is 12.8 Å². The number of halogens is 1. The van der Waals surface area contributed by atoms with E-state index in [4.69, 9.17) is 0 Å². The fourth-order valence-corrected chi connectivity index (χ4v) is 4.68. The lowest BCUT2D eigenvalue weighted by atomic mass is 9.98. The summed E-state index contributed by atoms with van der Waals surface area (Å²) in [7, 11) is -3.87. The molecule has 0 atom stereocenters. The van der Waals surface area contributed by atoms with Crippen molar-refractivity contribution in [2.24, 2.45) is 0 Å². The second-order valence-electron chi connectivity index (χ2n) is 6.97. The van der Waals surface area contributed by atoms with Crippen LogP contribution < -0.4 is 4.31 Å². The van der Waals surface area contributed by atoms with Crippen LogP contribution in [0.2, 0.25) is 0 Å². The molecule has 3 rings (SSSR count). The molecule has 0 bridgehead atoms. The van der Waals surface area contributed by atoms with E-state index in [0.717, 1.165) is 11.1 Å². The summed E-state index contributed by atoms with van der Waals surface area (Å²) in [6, 6.07) is 20.1. The second kappa shape index (κ2) is 9.09. The molecule has 0 spiro atoms. The molecule has 0 N–H and O–H groups in total. The molecule has 0 aliphatic rings. The van der Waals surface area contributed by atoms with Crippen molar-refractivity contribution in [2.45, 2.75) is 18.2 Å². The van der Waals surface area contributed by atoms with Gasteiger partial charge in [-0.05, 0) is 54.8 Å². The van der Waals surface area contributed by atoms with E-state index in [-0.39, 0.29) is 11.4 Å². The minimum Gasteiger partial charge on any atom is -0.265 e. The van der Waals surface area contributed by atoms with Crippen molar-refractivity contribution in [3.63, 3.8) is 0 Å². The molecule has 0 fully saturated rings. The molecular formula is C25H24FNO2S. The average molecular weight is 422 g/mol. The van der Waals surface area contributed by atoms with Gasteiger partial charge < -0.3 is 0 Å². The average Bonchev–Trinajstić information content (AvgIpc) is 2.75. The maximum absolute atomic E-state index is 14.2. The number of rotatable bonds is 8. The van der Waals surface area contributed by atoms with Crippen molar-refractivity contribution >= 4 is 21.3 Å². The first-order chi connectivity index (χ1) is 14.3. The first kappa shape index (κ1) is 21.5. The van der Waals surface area contributed by atoms with Gasteiger partial charge in [0.15, 0.2) is 0 Å². The van der Waals surface area contributed by atoms with Crippen molar-refractivity contribution in [2.75, 3.05) is 10.8 Å². The third kappa shape index (κ3) is 4.52. The van der Waals surface area contributed by atoms with Crippen LogP contribution in [0.1, 0.15) is 23.1 Å². The lowest BCUT2D eigenvalue weighted by Crippen LogP contribution is -2.32. The smallest absolute Gasteiger partial charge is 0.264 e. The minimum absolute atomic E-state index is 0.178. The van der Waals surface area contributed by atoms with E-state index >= 15 is 0 Å². The number of anilines is 1. The highest BCUT2D eigenvalue weighted by Gasteiger charge is 2.27. The number of sulfonamides is 1. The van der Waals surface area contributed by atoms with Crippen LogP contribution in [-0.4, -0.2) is 15.0 Å². The van der Waals surface area contributed by atoms with Gasteiger partial charge in [-0.1, -0.05) is 60.7 Å². The Labute approximate surface area is 177 Å². The molecule has 3 aromatic rings. The number of benzene rings is 3. The predicted octanol–water partition coefficient (Wildman–Crippen LogP) is 5.97. The van der Waals surface area contributed by atoms with E-state index in [2.05, 4.69) is 13.2 Å². The molecule has 0 aliphatic carbocycles. The molecule has 0 radical (unpaired) electrons. The molecule has 154 valence electrons. The standard InChI is InChI=1S/C25H24FNO2S/c1-4-5-17-27(30(28,29)23-14-11-19(2)12-15-23)25-16-13-22(26)18-24(25)20(3)21-9-7-6-8-10-21/h4,6-16,18H,1,3,5,17H2,2H3. The Morgan fingerprint density at radius 3 is 2.33 bits per heavy atom. The third-order valence-electron chi connectivity index (χ3n) is 4.82. The van der Waals surface area contributed by atoms with Gasteiger partial charge in [0.2, 0.25) is 0 Å². The Morgan fingerprint density at radius 2 is 1.70 bits per heavy atom. The molecule has 0 saturated carbocycles. The fourth-order valence-electron chi connectivity index (χ4n) is 3.18. The molecule has 0 aromatic heterocycles. The van der Waals surface area contributed by atoms with Crippen LogP contribution in [0.4, 0.5) is 10.1 Å². The van der Waals surface area contributed by atoms with Gasteiger partial charge in [0.05, 0.1) is 10.6 Å². The molecule has 0 amide bonds. The van der Waals surface area contributed by atoms with E-state index in [1.54, 1.807) is 30.3 Å². The van der Waals surface area contributed by atoms with Crippen LogP contribution in [0.5, 0.6) is 0 Å². The molecule has 3 aromatic carbocycles. The van der Waals surface area contributed by atoms with Gasteiger partial charge in [-0.3, -0.25) is 4.31 Å². The summed E-state index contributed by atoms with van der Waals surface area (Å²) in [4.78, 5) is 0.178. The van der Waals surface area contributed by atoms with E-state index in [1.165, 1.54) is 22.5 Å². The quantitative estimate of drug-likeness (QED) is 0.420. The molecule has 0 heterocycles. The van der Waals surface area contributed by atoms with Crippen molar-refractivity contribution in [3.05, 3.63) is 115 Å². The molecule has 0 saturated heterocycles. The summed E-state index contributed by atoms with van der Waals surface area (Å²) in [5, 5.41) is 0. The van der Waals surface area contributed by atoms with Crippen LogP contribution >= 0.6 is 0 Å². The highest BCUT2D eigenvalue weighted by Crippen LogP contribution is 2.34. The Bertz CT molecular complexity index is 1150. The minimum atomic E-state index is -3.87. The molecule has 3 nitrogen and oxygen atoms in total. The van der Waals surface area contributed by atoms with Crippen molar-refractivity contribution in [1.82, 2.24) is 0 Å². The van der Waals surface area contributed by atoms with Gasteiger partial charge in [0.1, 0.15) is 5.82 Å². The molecule has 5 heteroatoms. The summed E-state index contributed by atoms with van der Waals surface area (Å²) >= 11 is 0. The van der Waals surface area contributed by atoms with Gasteiger partial charge in [-0.15, -0.1) is 6.58 Å². The van der Waals surface area contributed by atoms with Crippen molar-refractivity contribution in [3.8, 4) is 0 Å². The Hall–Kier alpha value is -3.18. The fraction of sp³-hybridized carbons (Fsp3) is 0.120. The lowest BCUT2D eigenvalue weighted by molar-refractivity contribution is 0.590. The zero-order valence-electron chi connectivity index (χ0n) is 16.9. The number of hydrogen-bond donors (Lipinski definition) is 0. The first-order valence-electron chi connectivity index (χ1n) is 9.59. The maximum atomic E-state index is 14.2. The number of hydrogen-bond acceptors (Lipinski definition) is 2. The van der Waals surface area contributed by atoms with Crippen LogP contribution in [0.25, 0.3) is 5.57 Å². The highest BCUT2D eigenvalue weighted by molar-refractivity contribution is 7.92. The summed E-state index contributed by atoms with van der Waals surface area (Å²) in [6.45, 7) is 9.91. The first-order valence-corrected chi connectivity index (χ1v) is 11.0. The summed E-state index contributed by atoms with van der Waals surface area (Å²) in [6.07, 6.45) is 2.10. The largest absolute Gasteiger partial charge is 0.265 e. The normalized spacial score (nSPS) is 11.1. The SMILES string of the molecule is C=CCCN(c1ccc(F)cc1C(=C)c1ccccc1)S(=O)(=O)c1ccc(C)cc1. The van der Waals surface area contributed by atoms with Crippen molar-refractivity contribution in [1.29, 1.82) is 0 Å². The van der Waals surface area contributed by atoms with Crippen LogP contribution in [0.15, 0.2) is 96.9 Å². The molecule has 30 heavy (non-hydrogen) atoms. The Morgan fingerprint density at radius 1 is 1.03 bits per heavy atom. The zero-order chi connectivity index (χ0) is 21.7. The van der Waals surface area contributed by atoms with E-state index in [9.17, 15) is 12.8 Å². The molecule has 0 unspecified atom stereocenters. The van der Waals surface area contributed by atoms with Crippen LogP contribution in [0.3, 0.4) is 0 Å². The van der Waals surface area contributed by atoms with Gasteiger partial charge in [-0.25, -0.2) is 12.8 Å². The van der Waals surface area contributed by atoms with E-state index in [1.807, 2.05) is 37.3 Å². The predicted molar refractivity (Wildman–Crippen MR) is 122 cm³/mol.